The lowest BCUT2D eigenvalue weighted by Gasteiger charge is -2.23. The van der Waals surface area contributed by atoms with Crippen LogP contribution in [-0.2, 0) is 6.42 Å². The fraction of sp³-hybridized carbons (Fsp3) is 0.400. The molecule has 0 unspecified atom stereocenters. The third-order valence-electron chi connectivity index (χ3n) is 2.55. The van der Waals surface area contributed by atoms with Gasteiger partial charge in [0.2, 0.25) is 0 Å². The molecule has 0 amide bonds. The zero-order valence-electron chi connectivity index (χ0n) is 7.99. The van der Waals surface area contributed by atoms with Crippen molar-refractivity contribution < 1.29 is 4.92 Å². The summed E-state index contributed by atoms with van der Waals surface area (Å²) in [6.07, 6.45) is 1.96. The molecule has 1 aliphatic rings. The molecule has 1 aromatic rings. The van der Waals surface area contributed by atoms with Crippen LogP contribution in [0.1, 0.15) is 18.9 Å². The van der Waals surface area contributed by atoms with Gasteiger partial charge in [-0.05, 0) is 31.4 Å². The number of fused-ring (bicyclic) bond motifs is 1. The molecule has 1 N–H and O–H groups in total. The summed E-state index contributed by atoms with van der Waals surface area (Å²) in [6.45, 7) is 2.12. The summed E-state index contributed by atoms with van der Waals surface area (Å²) in [7, 11) is 0. The van der Waals surface area contributed by atoms with Crippen molar-refractivity contribution in [3.05, 3.63) is 33.9 Å². The minimum absolute atomic E-state index is 0.181. The number of nitrogens with one attached hydrogen (secondary N) is 1. The smallest absolute Gasteiger partial charge is 0.269 e. The van der Waals surface area contributed by atoms with Gasteiger partial charge in [-0.15, -0.1) is 0 Å². The maximum absolute atomic E-state index is 10.5. The Hall–Kier alpha value is -1.58. The number of anilines is 1. The van der Waals surface area contributed by atoms with Crippen molar-refractivity contribution in [1.82, 2.24) is 0 Å². The third kappa shape index (κ3) is 1.55. The molecule has 1 heterocycles. The highest BCUT2D eigenvalue weighted by atomic mass is 16.6. The molecule has 1 aromatic carbocycles. The van der Waals surface area contributed by atoms with E-state index < -0.39 is 0 Å². The van der Waals surface area contributed by atoms with Gasteiger partial charge in [-0.1, -0.05) is 0 Å². The van der Waals surface area contributed by atoms with Crippen molar-refractivity contribution in [3.63, 3.8) is 0 Å². The van der Waals surface area contributed by atoms with Gasteiger partial charge in [-0.25, -0.2) is 0 Å². The largest absolute Gasteiger partial charge is 0.382 e. The Kier molecular flexibility index (Phi) is 2.11. The van der Waals surface area contributed by atoms with Gasteiger partial charge in [0.05, 0.1) is 4.92 Å². The molecular formula is C10H12N2O2. The number of rotatable bonds is 1. The van der Waals surface area contributed by atoms with Gasteiger partial charge in [-0.2, -0.15) is 0 Å². The van der Waals surface area contributed by atoms with Crippen LogP contribution in [0.15, 0.2) is 18.2 Å². The lowest BCUT2D eigenvalue weighted by atomic mass is 9.99. The molecule has 74 valence electrons. The van der Waals surface area contributed by atoms with Crippen molar-refractivity contribution in [3.8, 4) is 0 Å². The zero-order chi connectivity index (χ0) is 10.1. The van der Waals surface area contributed by atoms with E-state index >= 15 is 0 Å². The summed E-state index contributed by atoms with van der Waals surface area (Å²) in [4.78, 5) is 10.2. The highest BCUT2D eigenvalue weighted by molar-refractivity contribution is 5.58. The normalized spacial score (nSPS) is 19.6. The first-order valence-corrected chi connectivity index (χ1v) is 4.70. The molecule has 0 spiro atoms. The van der Waals surface area contributed by atoms with Crippen molar-refractivity contribution in [2.75, 3.05) is 5.32 Å². The van der Waals surface area contributed by atoms with E-state index in [-0.39, 0.29) is 10.6 Å². The fourth-order valence-corrected chi connectivity index (χ4v) is 1.75. The average molecular weight is 192 g/mol. The van der Waals surface area contributed by atoms with E-state index in [2.05, 4.69) is 12.2 Å². The van der Waals surface area contributed by atoms with Crippen molar-refractivity contribution in [2.45, 2.75) is 25.8 Å². The number of non-ortho nitro benzene ring substituents is 1. The van der Waals surface area contributed by atoms with Gasteiger partial charge in [0, 0.05) is 23.9 Å². The van der Waals surface area contributed by atoms with E-state index in [1.165, 1.54) is 0 Å². The molecule has 0 saturated heterocycles. The molecule has 4 nitrogen and oxygen atoms in total. The molecule has 0 saturated carbocycles. The SMILES string of the molecule is C[C@@H]1CCc2cc([N+](=O)[O-])ccc2N1. The molecule has 14 heavy (non-hydrogen) atoms. The second kappa shape index (κ2) is 3.29. The van der Waals surface area contributed by atoms with E-state index in [1.807, 2.05) is 0 Å². The fourth-order valence-electron chi connectivity index (χ4n) is 1.75. The quantitative estimate of drug-likeness (QED) is 0.548. The summed E-state index contributed by atoms with van der Waals surface area (Å²) in [5.74, 6) is 0. The van der Waals surface area contributed by atoms with Crippen LogP contribution in [0, 0.1) is 10.1 Å². The minimum Gasteiger partial charge on any atom is -0.382 e. The monoisotopic (exact) mass is 192 g/mol. The average Bonchev–Trinajstić information content (AvgIpc) is 2.16. The van der Waals surface area contributed by atoms with Gasteiger partial charge in [-0.3, -0.25) is 10.1 Å². The second-order valence-electron chi connectivity index (χ2n) is 3.68. The standard InChI is InChI=1S/C10H12N2O2/c1-7-2-3-8-6-9(12(13)14)4-5-10(8)11-7/h4-7,11H,2-3H2,1H3/t7-/m1/s1. The molecule has 1 atom stereocenters. The topological polar surface area (TPSA) is 55.2 Å². The summed E-state index contributed by atoms with van der Waals surface area (Å²) >= 11 is 0. The number of nitro benzene ring substituents is 1. The van der Waals surface area contributed by atoms with Crippen LogP contribution in [0.5, 0.6) is 0 Å². The lowest BCUT2D eigenvalue weighted by molar-refractivity contribution is -0.384. The molecule has 4 heteroatoms. The third-order valence-corrected chi connectivity index (χ3v) is 2.55. The Morgan fingerprint density at radius 3 is 3.07 bits per heavy atom. The van der Waals surface area contributed by atoms with Gasteiger partial charge in [0.1, 0.15) is 0 Å². The van der Waals surface area contributed by atoms with Gasteiger partial charge < -0.3 is 5.32 Å². The zero-order valence-corrected chi connectivity index (χ0v) is 7.99. The predicted molar refractivity (Wildman–Crippen MR) is 54.5 cm³/mol. The Morgan fingerprint density at radius 1 is 1.57 bits per heavy atom. The Balaban J connectivity index is 2.36. The van der Waals surface area contributed by atoms with Gasteiger partial charge >= 0.3 is 0 Å². The summed E-state index contributed by atoms with van der Waals surface area (Å²) in [5, 5.41) is 13.8. The molecule has 2 rings (SSSR count). The number of benzene rings is 1. The van der Waals surface area contributed by atoms with Crippen LogP contribution >= 0.6 is 0 Å². The van der Waals surface area contributed by atoms with Crippen LogP contribution in [0.4, 0.5) is 11.4 Å². The summed E-state index contributed by atoms with van der Waals surface area (Å²) in [6, 6.07) is 5.46. The number of hydrogen-bond acceptors (Lipinski definition) is 3. The highest BCUT2D eigenvalue weighted by Gasteiger charge is 2.16. The van der Waals surface area contributed by atoms with Crippen molar-refractivity contribution in [2.24, 2.45) is 0 Å². The maximum atomic E-state index is 10.5. The van der Waals surface area contributed by atoms with E-state index in [1.54, 1.807) is 18.2 Å². The molecule has 0 aromatic heterocycles. The summed E-state index contributed by atoms with van der Waals surface area (Å²) < 4.78 is 0. The maximum Gasteiger partial charge on any atom is 0.269 e. The van der Waals surface area contributed by atoms with Gasteiger partial charge in [0.15, 0.2) is 0 Å². The molecule has 0 bridgehead atoms. The lowest BCUT2D eigenvalue weighted by Crippen LogP contribution is -2.21. The Bertz CT molecular complexity index is 376. The molecule has 0 aliphatic carbocycles. The molecule has 0 radical (unpaired) electrons. The number of aryl methyl sites for hydroxylation is 1. The van der Waals surface area contributed by atoms with E-state index in [9.17, 15) is 10.1 Å². The summed E-state index contributed by atoms with van der Waals surface area (Å²) in [5.41, 5.74) is 2.27. The van der Waals surface area contributed by atoms with Crippen LogP contribution in [0.25, 0.3) is 0 Å². The number of hydrogen-bond donors (Lipinski definition) is 1. The number of nitro groups is 1. The first-order valence-electron chi connectivity index (χ1n) is 4.70. The van der Waals surface area contributed by atoms with Crippen LogP contribution in [0.3, 0.4) is 0 Å². The van der Waals surface area contributed by atoms with Gasteiger partial charge in [0.25, 0.3) is 5.69 Å². The second-order valence-corrected chi connectivity index (χ2v) is 3.68. The van der Waals surface area contributed by atoms with E-state index in [0.717, 1.165) is 24.1 Å². The molecular weight excluding hydrogens is 180 g/mol. The van der Waals surface area contributed by atoms with Crippen molar-refractivity contribution >= 4 is 11.4 Å². The number of nitrogens with zero attached hydrogens (tertiary/aromatic N) is 1. The first-order chi connectivity index (χ1) is 6.66. The first kappa shape index (κ1) is 8.99. The Labute approximate surface area is 82.1 Å². The van der Waals surface area contributed by atoms with Crippen LogP contribution in [0.2, 0.25) is 0 Å². The van der Waals surface area contributed by atoms with Crippen molar-refractivity contribution in [1.29, 1.82) is 0 Å². The highest BCUT2D eigenvalue weighted by Crippen LogP contribution is 2.28. The molecule has 0 fully saturated rings. The van der Waals surface area contributed by atoms with E-state index in [0.29, 0.717) is 6.04 Å². The molecule has 1 aliphatic heterocycles. The Morgan fingerprint density at radius 2 is 2.36 bits per heavy atom. The minimum atomic E-state index is -0.349. The van der Waals surface area contributed by atoms with E-state index in [4.69, 9.17) is 0 Å². The predicted octanol–water partition coefficient (Wildman–Crippen LogP) is 2.34. The van der Waals surface area contributed by atoms with Crippen LogP contribution in [-0.4, -0.2) is 11.0 Å². The van der Waals surface area contributed by atoms with Crippen LogP contribution < -0.4 is 5.32 Å².